The molecule has 2 aromatic carbocycles. The number of hydrazine groups is 1. The Morgan fingerprint density at radius 2 is 2.03 bits per heavy atom. The molecule has 34 heavy (non-hydrogen) atoms. The molecule has 0 bridgehead atoms. The summed E-state index contributed by atoms with van der Waals surface area (Å²) < 4.78 is 23.8. The Morgan fingerprint density at radius 1 is 1.21 bits per heavy atom. The van der Waals surface area contributed by atoms with E-state index in [1.54, 1.807) is 32.4 Å². The first-order valence-electron chi connectivity index (χ1n) is 10.8. The lowest BCUT2D eigenvalue weighted by Gasteiger charge is -2.36. The number of fused-ring (bicyclic) bond motifs is 3. The van der Waals surface area contributed by atoms with Crippen LogP contribution in [0.15, 0.2) is 60.0 Å². The summed E-state index contributed by atoms with van der Waals surface area (Å²) in [6, 6.07) is 12.0. The number of carbonyl (C=O) groups excluding carboxylic acids is 1. The normalized spacial score (nSPS) is 22.6. The Kier molecular flexibility index (Phi) is 6.20. The quantitative estimate of drug-likeness (QED) is 0.577. The molecule has 1 saturated heterocycles. The third-order valence-corrected chi connectivity index (χ3v) is 6.96. The minimum atomic E-state index is -0.243. The molecule has 3 N–H and O–H groups in total. The van der Waals surface area contributed by atoms with Crippen LogP contribution in [-0.4, -0.2) is 53.2 Å². The first-order chi connectivity index (χ1) is 16.6. The molecule has 1 amide bonds. The number of anilines is 1. The Labute approximate surface area is 200 Å². The maximum Gasteiger partial charge on any atom is 0.234 e. The van der Waals surface area contributed by atoms with Crippen molar-refractivity contribution in [3.8, 4) is 11.5 Å². The molecule has 1 fully saturated rings. The second-order valence-electron chi connectivity index (χ2n) is 8.02. The van der Waals surface area contributed by atoms with Gasteiger partial charge in [-0.15, -0.1) is 0 Å². The topological polar surface area (TPSA) is 90.5 Å². The van der Waals surface area contributed by atoms with Crippen molar-refractivity contribution in [3.63, 3.8) is 0 Å². The maximum atomic E-state index is 13.3. The van der Waals surface area contributed by atoms with E-state index in [2.05, 4.69) is 26.3 Å². The van der Waals surface area contributed by atoms with Crippen molar-refractivity contribution in [1.82, 2.24) is 20.8 Å². The zero-order valence-electron chi connectivity index (χ0n) is 18.7. The van der Waals surface area contributed by atoms with Gasteiger partial charge in [0.2, 0.25) is 5.91 Å². The van der Waals surface area contributed by atoms with Crippen LogP contribution >= 0.6 is 11.8 Å². The van der Waals surface area contributed by atoms with Gasteiger partial charge >= 0.3 is 0 Å². The lowest BCUT2D eigenvalue weighted by Crippen LogP contribution is -2.54. The number of nitrogens with one attached hydrogen (secondary N) is 3. The lowest BCUT2D eigenvalue weighted by molar-refractivity contribution is -0.113. The molecule has 3 aliphatic heterocycles. The third-order valence-electron chi connectivity index (χ3n) is 5.99. The van der Waals surface area contributed by atoms with Gasteiger partial charge in [0.15, 0.2) is 5.17 Å². The van der Waals surface area contributed by atoms with Crippen molar-refractivity contribution in [3.05, 3.63) is 66.2 Å². The number of methoxy groups -OCH3 is 2. The van der Waals surface area contributed by atoms with E-state index in [-0.39, 0.29) is 35.7 Å². The Bertz CT molecular complexity index is 1130. The van der Waals surface area contributed by atoms with Gasteiger partial charge in [-0.1, -0.05) is 23.9 Å². The third kappa shape index (κ3) is 4.36. The van der Waals surface area contributed by atoms with Gasteiger partial charge in [-0.2, -0.15) is 5.10 Å². The molecule has 0 aliphatic carbocycles. The predicted octanol–water partition coefficient (Wildman–Crippen LogP) is 2.82. The number of carbonyl (C=O) groups is 1. The Balaban J connectivity index is 1.18. The number of nitrogens with zero attached hydrogens (tertiary/aromatic N) is 3. The smallest absolute Gasteiger partial charge is 0.234 e. The number of hydrazone groups is 1. The van der Waals surface area contributed by atoms with Crippen LogP contribution in [-0.2, 0) is 4.79 Å². The molecule has 0 spiro atoms. The molecule has 3 heterocycles. The van der Waals surface area contributed by atoms with Crippen molar-refractivity contribution in [2.75, 3.05) is 25.3 Å². The van der Waals surface area contributed by atoms with Crippen molar-refractivity contribution >= 4 is 28.5 Å². The standard InChI is InChI=1S/C23H25FN6O3S/c1-32-16-7-8-17(20(11-16)33-2)25-21(31)13-34-23-27-26-22-19-12-18(14-3-5-15(24)6-4-14)28-30(19)10-9-29(22)23/h3-11,18-19,22,26,28H,12-13H2,1-2H3,(H,25,31). The van der Waals surface area contributed by atoms with Crippen molar-refractivity contribution in [1.29, 1.82) is 0 Å². The van der Waals surface area contributed by atoms with Gasteiger partial charge in [0.05, 0.1) is 37.7 Å². The molecule has 3 unspecified atom stereocenters. The van der Waals surface area contributed by atoms with Gasteiger partial charge in [0.25, 0.3) is 0 Å². The molecule has 0 aromatic heterocycles. The summed E-state index contributed by atoms with van der Waals surface area (Å²) in [5.74, 6) is 0.961. The average molecular weight is 485 g/mol. The largest absolute Gasteiger partial charge is 0.497 e. The van der Waals surface area contributed by atoms with E-state index in [9.17, 15) is 9.18 Å². The summed E-state index contributed by atoms with van der Waals surface area (Å²) in [6.45, 7) is 0. The van der Waals surface area contributed by atoms with Crippen LogP contribution in [0.4, 0.5) is 10.1 Å². The van der Waals surface area contributed by atoms with E-state index in [0.29, 0.717) is 17.2 Å². The highest BCUT2D eigenvalue weighted by Crippen LogP contribution is 2.35. The fourth-order valence-corrected chi connectivity index (χ4v) is 5.05. The lowest BCUT2D eigenvalue weighted by atomic mass is 10.00. The monoisotopic (exact) mass is 484 g/mol. The summed E-state index contributed by atoms with van der Waals surface area (Å²) in [5.41, 5.74) is 8.28. The summed E-state index contributed by atoms with van der Waals surface area (Å²) >= 11 is 1.36. The highest BCUT2D eigenvalue weighted by Gasteiger charge is 2.44. The molecule has 0 radical (unpaired) electrons. The number of thioether (sulfide) groups is 1. The molecule has 178 valence electrons. The highest BCUT2D eigenvalue weighted by molar-refractivity contribution is 8.14. The zero-order chi connectivity index (χ0) is 23.7. The Hall–Kier alpha value is -3.44. The number of amidine groups is 1. The van der Waals surface area contributed by atoms with Gasteiger partial charge in [0.1, 0.15) is 23.5 Å². The highest BCUT2D eigenvalue weighted by atomic mass is 32.2. The van der Waals surface area contributed by atoms with Crippen LogP contribution < -0.4 is 25.6 Å². The van der Waals surface area contributed by atoms with E-state index >= 15 is 0 Å². The van der Waals surface area contributed by atoms with Crippen molar-refractivity contribution in [2.24, 2.45) is 5.10 Å². The minimum Gasteiger partial charge on any atom is -0.497 e. The maximum absolute atomic E-state index is 13.3. The molecule has 11 heteroatoms. The van der Waals surface area contributed by atoms with Crippen molar-refractivity contribution in [2.45, 2.75) is 24.7 Å². The number of hydrogen-bond donors (Lipinski definition) is 3. The van der Waals surface area contributed by atoms with Crippen LogP contribution in [0.2, 0.25) is 0 Å². The van der Waals surface area contributed by atoms with E-state index in [1.807, 2.05) is 29.4 Å². The second kappa shape index (κ2) is 9.43. The van der Waals surface area contributed by atoms with Gasteiger partial charge in [-0.25, -0.2) is 9.82 Å². The summed E-state index contributed by atoms with van der Waals surface area (Å²) in [4.78, 5) is 14.6. The van der Waals surface area contributed by atoms with Crippen LogP contribution in [0.3, 0.4) is 0 Å². The van der Waals surface area contributed by atoms with E-state index in [1.165, 1.54) is 23.9 Å². The van der Waals surface area contributed by atoms with E-state index in [0.717, 1.165) is 17.2 Å². The summed E-state index contributed by atoms with van der Waals surface area (Å²) in [6.07, 6.45) is 4.68. The number of rotatable bonds is 6. The SMILES string of the molecule is COc1ccc(NC(=O)CSC2=NNC3C4CC(c5ccc(F)cc5)NN4C=CN23)c(OC)c1. The fraction of sp³-hybridized carbons (Fsp3) is 0.304. The fourth-order valence-electron chi connectivity index (χ4n) is 4.28. The molecule has 0 saturated carbocycles. The molecular formula is C23H25FN6O3S. The molecule has 9 nitrogen and oxygen atoms in total. The van der Waals surface area contributed by atoms with E-state index in [4.69, 9.17) is 9.47 Å². The van der Waals surface area contributed by atoms with Gasteiger partial charge < -0.3 is 24.7 Å². The van der Waals surface area contributed by atoms with Crippen LogP contribution in [0.1, 0.15) is 18.0 Å². The second-order valence-corrected chi connectivity index (χ2v) is 8.96. The number of hydrogen-bond acceptors (Lipinski definition) is 9. The van der Waals surface area contributed by atoms with Gasteiger partial charge in [0, 0.05) is 18.5 Å². The van der Waals surface area contributed by atoms with Gasteiger partial charge in [-0.3, -0.25) is 10.2 Å². The molecule has 3 atom stereocenters. The number of amides is 1. The average Bonchev–Trinajstić information content (AvgIpc) is 3.47. The molecule has 3 aliphatic rings. The van der Waals surface area contributed by atoms with Crippen LogP contribution in [0.5, 0.6) is 11.5 Å². The summed E-state index contributed by atoms with van der Waals surface area (Å²) in [7, 11) is 3.12. The molecular weight excluding hydrogens is 459 g/mol. The zero-order valence-corrected chi connectivity index (χ0v) is 19.5. The Morgan fingerprint density at radius 3 is 2.79 bits per heavy atom. The number of ether oxygens (including phenoxy) is 2. The summed E-state index contributed by atoms with van der Waals surface area (Å²) in [5, 5.41) is 10.1. The van der Waals surface area contributed by atoms with Crippen LogP contribution in [0, 0.1) is 5.82 Å². The molecule has 5 rings (SSSR count). The first kappa shape index (κ1) is 22.4. The first-order valence-corrected chi connectivity index (χ1v) is 11.8. The number of benzene rings is 2. The van der Waals surface area contributed by atoms with E-state index < -0.39 is 0 Å². The van der Waals surface area contributed by atoms with Crippen LogP contribution in [0.25, 0.3) is 0 Å². The minimum absolute atomic E-state index is 0.0600. The van der Waals surface area contributed by atoms with Gasteiger partial charge in [-0.05, 0) is 36.2 Å². The number of halogens is 1. The predicted molar refractivity (Wildman–Crippen MR) is 128 cm³/mol. The van der Waals surface area contributed by atoms with Crippen molar-refractivity contribution < 1.29 is 18.7 Å². The molecule has 2 aromatic rings.